The summed E-state index contributed by atoms with van der Waals surface area (Å²) < 4.78 is 1.03. The lowest BCUT2D eigenvalue weighted by molar-refractivity contribution is -0.138. The van der Waals surface area contributed by atoms with Crippen molar-refractivity contribution in [1.82, 2.24) is 20.3 Å². The molecule has 0 aliphatic heterocycles. The Labute approximate surface area is 108 Å². The van der Waals surface area contributed by atoms with E-state index in [-0.39, 0.29) is 18.7 Å². The van der Waals surface area contributed by atoms with Crippen molar-refractivity contribution in [1.29, 1.82) is 0 Å². The lowest BCUT2D eigenvalue weighted by Crippen LogP contribution is -2.46. The van der Waals surface area contributed by atoms with Crippen LogP contribution in [0.15, 0.2) is 6.20 Å². The number of aliphatic carboxylic acids is 1. The van der Waals surface area contributed by atoms with E-state index in [0.29, 0.717) is 0 Å². The zero-order valence-corrected chi connectivity index (χ0v) is 10.6. The van der Waals surface area contributed by atoms with Crippen molar-refractivity contribution in [2.24, 2.45) is 5.73 Å². The Bertz CT molecular complexity index is 508. The fraction of sp³-hybridized carbons (Fsp3) is 0.500. The molecule has 0 unspecified atom stereocenters. The Kier molecular flexibility index (Phi) is 4.20. The fourth-order valence-corrected chi connectivity index (χ4v) is 1.47. The molecule has 0 atom stereocenters. The molecule has 19 heavy (non-hydrogen) atoms. The van der Waals surface area contributed by atoms with Gasteiger partial charge < -0.3 is 16.2 Å². The molecule has 0 aromatic carbocycles. The summed E-state index contributed by atoms with van der Waals surface area (Å²) in [5.41, 5.74) is 4.22. The van der Waals surface area contributed by atoms with Gasteiger partial charge in [-0.25, -0.2) is 4.68 Å². The highest BCUT2D eigenvalue weighted by molar-refractivity contribution is 5.92. The third kappa shape index (κ3) is 4.74. The number of amides is 2. The maximum Gasteiger partial charge on any atom is 0.325 e. The minimum Gasteiger partial charge on any atom is -0.480 e. The number of nitrogens with two attached hydrogens (primary N) is 1. The number of carbonyl (C=O) groups is 3. The first-order valence-corrected chi connectivity index (χ1v) is 5.42. The Morgan fingerprint density at radius 3 is 2.63 bits per heavy atom. The van der Waals surface area contributed by atoms with Gasteiger partial charge >= 0.3 is 5.97 Å². The van der Waals surface area contributed by atoms with Gasteiger partial charge in [-0.1, -0.05) is 5.21 Å². The van der Waals surface area contributed by atoms with Crippen LogP contribution >= 0.6 is 0 Å². The van der Waals surface area contributed by atoms with Crippen molar-refractivity contribution < 1.29 is 19.5 Å². The standard InChI is InChI=1S/C10H15N5O4/c1-10(2,3-7(11)16)12-9(19)6-4-15(14-13-6)5-8(17)18/h4H,3,5H2,1-2H3,(H2,11,16)(H,12,19)(H,17,18). The second-order valence-electron chi connectivity index (χ2n) is 4.68. The van der Waals surface area contributed by atoms with Crippen LogP contribution in [0.4, 0.5) is 0 Å². The van der Waals surface area contributed by atoms with E-state index in [0.717, 1.165) is 4.68 Å². The van der Waals surface area contributed by atoms with Crippen LogP contribution in [0.3, 0.4) is 0 Å². The number of carboxylic acids is 1. The molecule has 4 N–H and O–H groups in total. The molecule has 1 aromatic heterocycles. The largest absolute Gasteiger partial charge is 0.480 e. The van der Waals surface area contributed by atoms with Crippen molar-refractivity contribution in [3.05, 3.63) is 11.9 Å². The Hall–Kier alpha value is -2.45. The smallest absolute Gasteiger partial charge is 0.325 e. The number of carbonyl (C=O) groups excluding carboxylic acids is 2. The molecular formula is C10H15N5O4. The minimum absolute atomic E-state index is 0.0258. The molecule has 1 heterocycles. The van der Waals surface area contributed by atoms with E-state index in [1.165, 1.54) is 6.20 Å². The lowest BCUT2D eigenvalue weighted by Gasteiger charge is -2.23. The van der Waals surface area contributed by atoms with Crippen LogP contribution in [0.25, 0.3) is 0 Å². The van der Waals surface area contributed by atoms with Crippen LogP contribution in [0, 0.1) is 0 Å². The molecule has 0 bridgehead atoms. The first-order valence-electron chi connectivity index (χ1n) is 5.42. The van der Waals surface area contributed by atoms with Crippen LogP contribution in [0.2, 0.25) is 0 Å². The average molecular weight is 269 g/mol. The third-order valence-electron chi connectivity index (χ3n) is 2.14. The van der Waals surface area contributed by atoms with Crippen LogP contribution < -0.4 is 11.1 Å². The van der Waals surface area contributed by atoms with Gasteiger partial charge in [0.05, 0.1) is 6.20 Å². The summed E-state index contributed by atoms with van der Waals surface area (Å²) in [5, 5.41) is 18.2. The fourth-order valence-electron chi connectivity index (χ4n) is 1.47. The normalized spacial score (nSPS) is 11.1. The molecule has 0 aliphatic rings. The molecule has 104 valence electrons. The number of rotatable bonds is 6. The van der Waals surface area contributed by atoms with Crippen LogP contribution in [0.5, 0.6) is 0 Å². The highest BCUT2D eigenvalue weighted by atomic mass is 16.4. The van der Waals surface area contributed by atoms with Crippen molar-refractivity contribution in [2.45, 2.75) is 32.4 Å². The SMILES string of the molecule is CC(C)(CC(N)=O)NC(=O)c1cn(CC(=O)O)nn1. The van der Waals surface area contributed by atoms with Gasteiger partial charge in [0.25, 0.3) is 5.91 Å². The predicted octanol–water partition coefficient (Wildman–Crippen LogP) is -1.25. The zero-order chi connectivity index (χ0) is 14.6. The average Bonchev–Trinajstić information content (AvgIpc) is 2.61. The molecule has 1 aromatic rings. The Morgan fingerprint density at radius 1 is 1.47 bits per heavy atom. The molecule has 0 fully saturated rings. The van der Waals surface area contributed by atoms with E-state index in [1.54, 1.807) is 13.8 Å². The molecule has 0 spiro atoms. The number of primary amides is 1. The first-order chi connectivity index (χ1) is 8.69. The van der Waals surface area contributed by atoms with E-state index in [9.17, 15) is 14.4 Å². The second-order valence-corrected chi connectivity index (χ2v) is 4.68. The summed E-state index contributed by atoms with van der Waals surface area (Å²) in [6, 6.07) is 0. The van der Waals surface area contributed by atoms with E-state index in [1.807, 2.05) is 0 Å². The highest BCUT2D eigenvalue weighted by Crippen LogP contribution is 2.08. The molecule has 9 nitrogen and oxygen atoms in total. The van der Waals surface area contributed by atoms with Crippen molar-refractivity contribution >= 4 is 17.8 Å². The molecule has 0 radical (unpaired) electrons. The summed E-state index contributed by atoms with van der Waals surface area (Å²) >= 11 is 0. The van der Waals surface area contributed by atoms with Gasteiger partial charge in [-0.2, -0.15) is 0 Å². The number of hydrogen-bond acceptors (Lipinski definition) is 5. The number of aromatic nitrogens is 3. The zero-order valence-electron chi connectivity index (χ0n) is 10.6. The van der Waals surface area contributed by atoms with Crippen LogP contribution in [0.1, 0.15) is 30.8 Å². The Morgan fingerprint density at radius 2 is 2.11 bits per heavy atom. The van der Waals surface area contributed by atoms with Crippen LogP contribution in [-0.4, -0.2) is 43.4 Å². The molecule has 2 amide bonds. The summed E-state index contributed by atoms with van der Waals surface area (Å²) in [5.74, 6) is -2.19. The summed E-state index contributed by atoms with van der Waals surface area (Å²) in [4.78, 5) is 33.1. The van der Waals surface area contributed by atoms with E-state index in [2.05, 4.69) is 15.6 Å². The van der Waals surface area contributed by atoms with Gasteiger partial charge in [0.2, 0.25) is 5.91 Å². The number of hydrogen-bond donors (Lipinski definition) is 3. The van der Waals surface area contributed by atoms with Crippen molar-refractivity contribution in [3.8, 4) is 0 Å². The van der Waals surface area contributed by atoms with E-state index >= 15 is 0 Å². The molecule has 0 saturated carbocycles. The number of nitrogens with one attached hydrogen (secondary N) is 1. The molecule has 0 aliphatic carbocycles. The van der Waals surface area contributed by atoms with Crippen LogP contribution in [-0.2, 0) is 16.1 Å². The van der Waals surface area contributed by atoms with Gasteiger partial charge in [-0.3, -0.25) is 14.4 Å². The molecule has 1 rings (SSSR count). The third-order valence-corrected chi connectivity index (χ3v) is 2.14. The van der Waals surface area contributed by atoms with Crippen molar-refractivity contribution in [3.63, 3.8) is 0 Å². The Balaban J connectivity index is 2.70. The maximum atomic E-state index is 11.8. The van der Waals surface area contributed by atoms with Gasteiger partial charge in [0.15, 0.2) is 5.69 Å². The molecular weight excluding hydrogens is 254 g/mol. The first kappa shape index (κ1) is 14.6. The summed E-state index contributed by atoms with van der Waals surface area (Å²) in [6.45, 7) is 2.89. The van der Waals surface area contributed by atoms with Crippen molar-refractivity contribution in [2.75, 3.05) is 0 Å². The van der Waals surface area contributed by atoms with E-state index < -0.39 is 23.3 Å². The predicted molar refractivity (Wildman–Crippen MR) is 63.0 cm³/mol. The van der Waals surface area contributed by atoms with Gasteiger partial charge in [0, 0.05) is 12.0 Å². The summed E-state index contributed by atoms with van der Waals surface area (Å²) in [7, 11) is 0. The molecule has 9 heteroatoms. The quantitative estimate of drug-likeness (QED) is 0.589. The minimum atomic E-state index is -1.09. The summed E-state index contributed by atoms with van der Waals surface area (Å²) in [6.07, 6.45) is 1.19. The number of carboxylic acid groups (broad SMARTS) is 1. The van der Waals surface area contributed by atoms with Gasteiger partial charge in [-0.05, 0) is 13.8 Å². The lowest BCUT2D eigenvalue weighted by atomic mass is 10.0. The topological polar surface area (TPSA) is 140 Å². The maximum absolute atomic E-state index is 11.8. The highest BCUT2D eigenvalue weighted by Gasteiger charge is 2.24. The second kappa shape index (κ2) is 5.46. The monoisotopic (exact) mass is 269 g/mol. The molecule has 0 saturated heterocycles. The van der Waals surface area contributed by atoms with Gasteiger partial charge in [0.1, 0.15) is 6.54 Å². The van der Waals surface area contributed by atoms with Gasteiger partial charge in [-0.15, -0.1) is 5.10 Å². The number of nitrogens with zero attached hydrogens (tertiary/aromatic N) is 3. The van der Waals surface area contributed by atoms with E-state index in [4.69, 9.17) is 10.8 Å².